The average molecular weight is 360 g/mol. The van der Waals surface area contributed by atoms with Crippen molar-refractivity contribution in [1.29, 1.82) is 0 Å². The van der Waals surface area contributed by atoms with E-state index in [0.29, 0.717) is 17.4 Å². The number of nitrogens with one attached hydrogen (secondary N) is 1. The highest BCUT2D eigenvalue weighted by atomic mass is 79.9. The third-order valence-electron chi connectivity index (χ3n) is 3.03. The Balaban J connectivity index is 2.16. The summed E-state index contributed by atoms with van der Waals surface area (Å²) in [6, 6.07) is 4.25. The monoisotopic (exact) mass is 359 g/mol. The summed E-state index contributed by atoms with van der Waals surface area (Å²) in [5.74, 6) is -1.72. The Bertz CT molecular complexity index is 494. The van der Waals surface area contributed by atoms with Crippen molar-refractivity contribution in [2.75, 3.05) is 6.54 Å². The summed E-state index contributed by atoms with van der Waals surface area (Å²) < 4.78 is 14.1. The lowest BCUT2D eigenvalue weighted by molar-refractivity contribution is -0.137. The first-order valence-electron chi connectivity index (χ1n) is 6.95. The summed E-state index contributed by atoms with van der Waals surface area (Å²) in [4.78, 5) is 22.1. The van der Waals surface area contributed by atoms with E-state index < -0.39 is 17.7 Å². The standard InChI is InChI=1S/C15H19BrFNO3/c16-11-7-8-13(17)12(10-11)15(21)18-9-5-3-1-2-4-6-14(19)20/h7-8,10H,1-6,9H2,(H,18,21)(H,19,20). The van der Waals surface area contributed by atoms with Gasteiger partial charge in [0.05, 0.1) is 5.56 Å². The number of hydrogen-bond donors (Lipinski definition) is 2. The molecule has 6 heteroatoms. The summed E-state index contributed by atoms with van der Waals surface area (Å²) in [6.45, 7) is 0.490. The first kappa shape index (κ1) is 17.6. The molecule has 1 aromatic carbocycles. The van der Waals surface area contributed by atoms with Gasteiger partial charge in [0.15, 0.2) is 0 Å². The fraction of sp³-hybridized carbons (Fsp3) is 0.467. The van der Waals surface area contributed by atoms with Crippen LogP contribution in [0.4, 0.5) is 4.39 Å². The van der Waals surface area contributed by atoms with E-state index in [1.807, 2.05) is 0 Å². The normalized spacial score (nSPS) is 10.4. The molecule has 1 aromatic rings. The molecular weight excluding hydrogens is 341 g/mol. The molecule has 0 fully saturated rings. The molecule has 21 heavy (non-hydrogen) atoms. The Morgan fingerprint density at radius 1 is 1.14 bits per heavy atom. The average Bonchev–Trinajstić information content (AvgIpc) is 2.43. The van der Waals surface area contributed by atoms with Crippen LogP contribution >= 0.6 is 15.9 Å². The van der Waals surface area contributed by atoms with Crippen molar-refractivity contribution in [2.45, 2.75) is 38.5 Å². The van der Waals surface area contributed by atoms with Crippen LogP contribution in [0.1, 0.15) is 48.9 Å². The SMILES string of the molecule is O=C(O)CCCCCCCNC(=O)c1cc(Br)ccc1F. The van der Waals surface area contributed by atoms with E-state index >= 15 is 0 Å². The van der Waals surface area contributed by atoms with Gasteiger partial charge < -0.3 is 10.4 Å². The molecule has 0 saturated heterocycles. The molecule has 0 aliphatic heterocycles. The zero-order chi connectivity index (χ0) is 15.7. The number of hydrogen-bond acceptors (Lipinski definition) is 2. The van der Waals surface area contributed by atoms with Crippen LogP contribution in [0.25, 0.3) is 0 Å². The zero-order valence-corrected chi connectivity index (χ0v) is 13.3. The molecule has 0 spiro atoms. The minimum atomic E-state index is -0.765. The van der Waals surface area contributed by atoms with Crippen LogP contribution in [0.15, 0.2) is 22.7 Å². The van der Waals surface area contributed by atoms with Crippen molar-refractivity contribution in [3.05, 3.63) is 34.1 Å². The lowest BCUT2D eigenvalue weighted by Crippen LogP contribution is -2.25. The number of rotatable bonds is 9. The Morgan fingerprint density at radius 3 is 2.52 bits per heavy atom. The van der Waals surface area contributed by atoms with Gasteiger partial charge in [-0.15, -0.1) is 0 Å². The van der Waals surface area contributed by atoms with E-state index in [1.54, 1.807) is 6.07 Å². The van der Waals surface area contributed by atoms with Crippen LogP contribution in [0, 0.1) is 5.82 Å². The third kappa shape index (κ3) is 7.22. The zero-order valence-electron chi connectivity index (χ0n) is 11.7. The Morgan fingerprint density at radius 2 is 1.81 bits per heavy atom. The molecule has 2 N–H and O–H groups in total. The summed E-state index contributed by atoms with van der Waals surface area (Å²) in [7, 11) is 0. The van der Waals surface area contributed by atoms with Gasteiger partial charge in [-0.2, -0.15) is 0 Å². The summed E-state index contributed by atoms with van der Waals surface area (Å²) in [6.07, 6.45) is 4.42. The van der Waals surface area contributed by atoms with Crippen molar-refractivity contribution in [3.63, 3.8) is 0 Å². The maximum absolute atomic E-state index is 13.5. The predicted octanol–water partition coefficient (Wildman–Crippen LogP) is 3.74. The minimum absolute atomic E-state index is 0.0332. The molecule has 0 aromatic heterocycles. The number of unbranched alkanes of at least 4 members (excludes halogenated alkanes) is 4. The largest absolute Gasteiger partial charge is 0.481 e. The summed E-state index contributed by atoms with van der Waals surface area (Å²) in [5.41, 5.74) is 0.0332. The highest BCUT2D eigenvalue weighted by Gasteiger charge is 2.11. The first-order valence-corrected chi connectivity index (χ1v) is 7.75. The minimum Gasteiger partial charge on any atom is -0.481 e. The van der Waals surface area contributed by atoms with Gasteiger partial charge in [-0.25, -0.2) is 4.39 Å². The Kier molecular flexibility index (Phi) is 7.97. The number of amides is 1. The van der Waals surface area contributed by atoms with Gasteiger partial charge in [-0.3, -0.25) is 9.59 Å². The maximum atomic E-state index is 13.5. The Hall–Kier alpha value is -1.43. The van der Waals surface area contributed by atoms with Crippen LogP contribution in [-0.2, 0) is 4.79 Å². The van der Waals surface area contributed by atoms with Gasteiger partial charge >= 0.3 is 5.97 Å². The van der Waals surface area contributed by atoms with Crippen molar-refractivity contribution < 1.29 is 19.1 Å². The van der Waals surface area contributed by atoms with Crippen LogP contribution in [0.5, 0.6) is 0 Å². The highest BCUT2D eigenvalue weighted by molar-refractivity contribution is 9.10. The molecule has 0 unspecified atom stereocenters. The van der Waals surface area contributed by atoms with E-state index in [-0.39, 0.29) is 12.0 Å². The van der Waals surface area contributed by atoms with Crippen LogP contribution < -0.4 is 5.32 Å². The fourth-order valence-corrected chi connectivity index (χ4v) is 2.26. The van der Waals surface area contributed by atoms with E-state index in [0.717, 1.165) is 25.7 Å². The number of carbonyl (C=O) groups is 2. The molecule has 116 valence electrons. The number of carboxylic acids is 1. The maximum Gasteiger partial charge on any atom is 0.303 e. The molecular formula is C15H19BrFNO3. The van der Waals surface area contributed by atoms with E-state index in [9.17, 15) is 14.0 Å². The van der Waals surface area contributed by atoms with Crippen LogP contribution in [0.3, 0.4) is 0 Å². The van der Waals surface area contributed by atoms with Gasteiger partial charge in [0.2, 0.25) is 0 Å². The first-order chi connectivity index (χ1) is 10.0. The lowest BCUT2D eigenvalue weighted by atomic mass is 10.1. The number of carbonyl (C=O) groups excluding carboxylic acids is 1. The van der Waals surface area contributed by atoms with Gasteiger partial charge in [0, 0.05) is 17.4 Å². The summed E-state index contributed by atoms with van der Waals surface area (Å²) in [5, 5.41) is 11.2. The predicted molar refractivity (Wildman–Crippen MR) is 81.8 cm³/mol. The molecule has 1 rings (SSSR count). The van der Waals surface area contributed by atoms with Gasteiger partial charge in [0.25, 0.3) is 5.91 Å². The second-order valence-corrected chi connectivity index (χ2v) is 5.71. The van der Waals surface area contributed by atoms with E-state index in [2.05, 4.69) is 21.2 Å². The number of carboxylic acid groups (broad SMARTS) is 1. The molecule has 4 nitrogen and oxygen atoms in total. The third-order valence-corrected chi connectivity index (χ3v) is 3.52. The number of halogens is 2. The molecule has 0 aliphatic rings. The quantitative estimate of drug-likeness (QED) is 0.660. The molecule has 0 heterocycles. The second kappa shape index (κ2) is 9.50. The summed E-state index contributed by atoms with van der Waals surface area (Å²) >= 11 is 3.20. The van der Waals surface area contributed by atoms with Crippen molar-refractivity contribution in [3.8, 4) is 0 Å². The molecule has 1 amide bonds. The van der Waals surface area contributed by atoms with Crippen LogP contribution in [0.2, 0.25) is 0 Å². The van der Waals surface area contributed by atoms with Crippen molar-refractivity contribution in [1.82, 2.24) is 5.32 Å². The Labute approximate surface area is 131 Å². The lowest BCUT2D eigenvalue weighted by Gasteiger charge is -2.06. The van der Waals surface area contributed by atoms with Crippen molar-refractivity contribution >= 4 is 27.8 Å². The smallest absolute Gasteiger partial charge is 0.303 e. The molecule has 0 radical (unpaired) electrons. The molecule has 0 atom stereocenters. The topological polar surface area (TPSA) is 66.4 Å². The molecule has 0 bridgehead atoms. The molecule has 0 aliphatic carbocycles. The fourth-order valence-electron chi connectivity index (χ4n) is 1.90. The van der Waals surface area contributed by atoms with Gasteiger partial charge in [-0.1, -0.05) is 35.2 Å². The van der Waals surface area contributed by atoms with E-state index in [1.165, 1.54) is 12.1 Å². The van der Waals surface area contributed by atoms with E-state index in [4.69, 9.17) is 5.11 Å². The van der Waals surface area contributed by atoms with Crippen molar-refractivity contribution in [2.24, 2.45) is 0 Å². The molecule has 0 saturated carbocycles. The highest BCUT2D eigenvalue weighted by Crippen LogP contribution is 2.15. The van der Waals surface area contributed by atoms with Gasteiger partial charge in [0.1, 0.15) is 5.82 Å². The number of benzene rings is 1. The van der Waals surface area contributed by atoms with Crippen LogP contribution in [-0.4, -0.2) is 23.5 Å². The number of aliphatic carboxylic acids is 1. The van der Waals surface area contributed by atoms with Gasteiger partial charge in [-0.05, 0) is 31.0 Å². The second-order valence-electron chi connectivity index (χ2n) is 4.79.